The number of thioether (sulfide) groups is 1. The zero-order valence-corrected chi connectivity index (χ0v) is 13.5. The lowest BCUT2D eigenvalue weighted by Crippen LogP contribution is -2.26. The lowest BCUT2D eigenvalue weighted by molar-refractivity contribution is -0.139. The summed E-state index contributed by atoms with van der Waals surface area (Å²) in [6, 6.07) is 8.52. The monoisotopic (exact) mass is 295 g/mol. The number of methoxy groups -OCH3 is 1. The molecule has 0 fully saturated rings. The third-order valence-corrected chi connectivity index (χ3v) is 4.15. The summed E-state index contributed by atoms with van der Waals surface area (Å²) < 4.78 is 4.74. The van der Waals surface area contributed by atoms with Gasteiger partial charge in [-0.25, -0.2) is 0 Å². The fourth-order valence-corrected chi connectivity index (χ4v) is 2.73. The van der Waals surface area contributed by atoms with Gasteiger partial charge in [0, 0.05) is 12.6 Å². The summed E-state index contributed by atoms with van der Waals surface area (Å²) in [4.78, 5) is 11.4. The first-order valence-corrected chi connectivity index (χ1v) is 8.27. The van der Waals surface area contributed by atoms with Crippen LogP contribution in [0.5, 0.6) is 0 Å². The van der Waals surface area contributed by atoms with Gasteiger partial charge in [0.05, 0.1) is 13.5 Å². The van der Waals surface area contributed by atoms with E-state index >= 15 is 0 Å². The van der Waals surface area contributed by atoms with Gasteiger partial charge in [-0.3, -0.25) is 4.79 Å². The molecular weight excluding hydrogens is 270 g/mol. The number of hydrogen-bond acceptors (Lipinski definition) is 4. The molecule has 3 nitrogen and oxygen atoms in total. The molecule has 1 aromatic carbocycles. The van der Waals surface area contributed by atoms with Crippen LogP contribution in [0.3, 0.4) is 0 Å². The van der Waals surface area contributed by atoms with E-state index in [9.17, 15) is 4.79 Å². The van der Waals surface area contributed by atoms with Crippen LogP contribution in [0, 0.1) is 0 Å². The highest BCUT2D eigenvalue weighted by Gasteiger charge is 2.08. The lowest BCUT2D eigenvalue weighted by atomic mass is 10.0. The van der Waals surface area contributed by atoms with Crippen LogP contribution in [0.2, 0.25) is 0 Å². The molecule has 0 spiro atoms. The Bertz CT molecular complexity index is 409. The maximum atomic E-state index is 11.4. The summed E-state index contributed by atoms with van der Waals surface area (Å²) in [5, 5.41) is 3.52. The molecule has 0 heterocycles. The second kappa shape index (κ2) is 9.83. The Morgan fingerprint density at radius 3 is 2.70 bits per heavy atom. The Balaban J connectivity index is 2.48. The van der Waals surface area contributed by atoms with Crippen molar-refractivity contribution in [2.24, 2.45) is 0 Å². The fraction of sp³-hybridized carbons (Fsp3) is 0.562. The van der Waals surface area contributed by atoms with E-state index in [0.717, 1.165) is 18.5 Å². The average molecular weight is 295 g/mol. The minimum atomic E-state index is -0.190. The predicted molar refractivity (Wildman–Crippen MR) is 86.1 cm³/mol. The van der Waals surface area contributed by atoms with Crippen LogP contribution in [0.25, 0.3) is 0 Å². The van der Waals surface area contributed by atoms with Gasteiger partial charge in [-0.15, -0.1) is 0 Å². The first kappa shape index (κ1) is 17.1. The quantitative estimate of drug-likeness (QED) is 0.561. The average Bonchev–Trinajstić information content (AvgIpc) is 2.46. The van der Waals surface area contributed by atoms with Crippen molar-refractivity contribution in [1.29, 1.82) is 0 Å². The van der Waals surface area contributed by atoms with E-state index in [1.165, 1.54) is 24.2 Å². The van der Waals surface area contributed by atoms with Gasteiger partial charge in [0.25, 0.3) is 0 Å². The SMILES string of the molecule is CCSCCC(C)NCc1ccccc1CC(=O)OC. The topological polar surface area (TPSA) is 38.3 Å². The zero-order valence-electron chi connectivity index (χ0n) is 12.6. The molecule has 0 bridgehead atoms. The Morgan fingerprint density at radius 2 is 2.05 bits per heavy atom. The normalized spacial score (nSPS) is 12.2. The number of rotatable bonds is 9. The molecule has 0 radical (unpaired) electrons. The molecule has 1 rings (SSSR count). The van der Waals surface area contributed by atoms with Crippen molar-refractivity contribution >= 4 is 17.7 Å². The summed E-state index contributed by atoms with van der Waals surface area (Å²) in [5.41, 5.74) is 2.22. The van der Waals surface area contributed by atoms with Gasteiger partial charge >= 0.3 is 5.97 Å². The number of esters is 1. The van der Waals surface area contributed by atoms with Crippen LogP contribution >= 0.6 is 11.8 Å². The maximum absolute atomic E-state index is 11.4. The highest BCUT2D eigenvalue weighted by atomic mass is 32.2. The highest BCUT2D eigenvalue weighted by Crippen LogP contribution is 2.11. The van der Waals surface area contributed by atoms with E-state index in [0.29, 0.717) is 12.5 Å². The van der Waals surface area contributed by atoms with Gasteiger partial charge in [0.15, 0.2) is 0 Å². The summed E-state index contributed by atoms with van der Waals surface area (Å²) in [6.45, 7) is 5.19. The van der Waals surface area contributed by atoms with E-state index < -0.39 is 0 Å². The number of hydrogen-bond donors (Lipinski definition) is 1. The van der Waals surface area contributed by atoms with Crippen molar-refractivity contribution in [3.05, 3.63) is 35.4 Å². The first-order valence-electron chi connectivity index (χ1n) is 7.12. The van der Waals surface area contributed by atoms with Crippen LogP contribution in [0.15, 0.2) is 24.3 Å². The van der Waals surface area contributed by atoms with Crippen LogP contribution in [-0.4, -0.2) is 30.6 Å². The van der Waals surface area contributed by atoms with Gasteiger partial charge in [-0.2, -0.15) is 11.8 Å². The molecular formula is C16H25NO2S. The Kier molecular flexibility index (Phi) is 8.38. The molecule has 0 amide bonds. The first-order chi connectivity index (χ1) is 9.67. The van der Waals surface area contributed by atoms with E-state index in [2.05, 4.69) is 25.2 Å². The lowest BCUT2D eigenvalue weighted by Gasteiger charge is -2.15. The number of carbonyl (C=O) groups excluding carboxylic acids is 1. The summed E-state index contributed by atoms with van der Waals surface area (Å²) in [5.74, 6) is 2.17. The minimum Gasteiger partial charge on any atom is -0.469 e. The largest absolute Gasteiger partial charge is 0.469 e. The highest BCUT2D eigenvalue weighted by molar-refractivity contribution is 7.99. The van der Waals surface area contributed by atoms with Crippen LogP contribution in [-0.2, 0) is 22.5 Å². The second-order valence-electron chi connectivity index (χ2n) is 4.79. The molecule has 1 N–H and O–H groups in total. The van der Waals surface area contributed by atoms with Gasteiger partial charge in [0.2, 0.25) is 0 Å². The second-order valence-corrected chi connectivity index (χ2v) is 6.18. The van der Waals surface area contributed by atoms with Crippen molar-refractivity contribution in [2.45, 2.75) is 39.3 Å². The third-order valence-electron chi connectivity index (χ3n) is 3.22. The number of ether oxygens (including phenoxy) is 1. The molecule has 1 aromatic rings. The molecule has 112 valence electrons. The third kappa shape index (κ3) is 6.44. The molecule has 0 aliphatic heterocycles. The Labute approximate surface area is 126 Å². The molecule has 1 atom stereocenters. The van der Waals surface area contributed by atoms with E-state index in [1.54, 1.807) is 0 Å². The molecule has 0 saturated carbocycles. The summed E-state index contributed by atoms with van der Waals surface area (Å²) in [6.07, 6.45) is 1.51. The minimum absolute atomic E-state index is 0.190. The molecule has 0 aliphatic rings. The smallest absolute Gasteiger partial charge is 0.309 e. The molecule has 0 aliphatic carbocycles. The van der Waals surface area contributed by atoms with Crippen molar-refractivity contribution in [3.8, 4) is 0 Å². The zero-order chi connectivity index (χ0) is 14.8. The standard InChI is InChI=1S/C16H25NO2S/c1-4-20-10-9-13(2)17-12-15-8-6-5-7-14(15)11-16(18)19-3/h5-8,13,17H,4,9-12H2,1-3H3. The van der Waals surface area contributed by atoms with Gasteiger partial charge < -0.3 is 10.1 Å². The molecule has 0 aromatic heterocycles. The Hall–Kier alpha value is -1.00. The van der Waals surface area contributed by atoms with E-state index in [-0.39, 0.29) is 5.97 Å². The van der Waals surface area contributed by atoms with Crippen molar-refractivity contribution in [1.82, 2.24) is 5.32 Å². The van der Waals surface area contributed by atoms with Crippen molar-refractivity contribution < 1.29 is 9.53 Å². The van der Waals surface area contributed by atoms with Gasteiger partial charge in [-0.1, -0.05) is 31.2 Å². The van der Waals surface area contributed by atoms with Crippen LogP contribution < -0.4 is 5.32 Å². The maximum Gasteiger partial charge on any atom is 0.309 e. The Morgan fingerprint density at radius 1 is 1.35 bits per heavy atom. The molecule has 20 heavy (non-hydrogen) atoms. The molecule has 1 unspecified atom stereocenters. The fourth-order valence-electron chi connectivity index (χ4n) is 1.92. The van der Waals surface area contributed by atoms with Crippen LogP contribution in [0.4, 0.5) is 0 Å². The number of carbonyl (C=O) groups is 1. The summed E-state index contributed by atoms with van der Waals surface area (Å²) in [7, 11) is 1.43. The van der Waals surface area contributed by atoms with Crippen LogP contribution in [0.1, 0.15) is 31.4 Å². The summed E-state index contributed by atoms with van der Waals surface area (Å²) >= 11 is 1.97. The van der Waals surface area contributed by atoms with E-state index in [1.807, 2.05) is 30.0 Å². The van der Waals surface area contributed by atoms with Gasteiger partial charge in [-0.05, 0) is 36.0 Å². The van der Waals surface area contributed by atoms with Gasteiger partial charge in [0.1, 0.15) is 0 Å². The van der Waals surface area contributed by atoms with Crippen molar-refractivity contribution in [3.63, 3.8) is 0 Å². The molecule has 4 heteroatoms. The number of benzene rings is 1. The van der Waals surface area contributed by atoms with Crippen molar-refractivity contribution in [2.75, 3.05) is 18.6 Å². The predicted octanol–water partition coefficient (Wildman–Crippen LogP) is 3.02. The molecule has 0 saturated heterocycles. The van der Waals surface area contributed by atoms with E-state index in [4.69, 9.17) is 4.74 Å². The number of nitrogens with one attached hydrogen (secondary N) is 1.